The molecule has 0 aliphatic carbocycles. The Morgan fingerprint density at radius 1 is 1.19 bits per heavy atom. The van der Waals surface area contributed by atoms with Crippen LogP contribution in [0.2, 0.25) is 0 Å². The van der Waals surface area contributed by atoms with Crippen molar-refractivity contribution in [2.24, 2.45) is 0 Å². The van der Waals surface area contributed by atoms with Gasteiger partial charge in [-0.3, -0.25) is 4.79 Å². The minimum atomic E-state index is -0.151. The van der Waals surface area contributed by atoms with E-state index >= 15 is 0 Å². The number of nitrogens with one attached hydrogen (secondary N) is 2. The predicted octanol–water partition coefficient (Wildman–Crippen LogP) is 3.74. The number of aromatic amines is 1. The van der Waals surface area contributed by atoms with E-state index in [2.05, 4.69) is 10.3 Å². The number of fused-ring (bicyclic) bond motifs is 1. The zero-order chi connectivity index (χ0) is 14.8. The normalized spacial score (nSPS) is 10.6. The Morgan fingerprint density at radius 2 is 2.05 bits per heavy atom. The van der Waals surface area contributed by atoms with Crippen LogP contribution in [0.4, 0.5) is 5.69 Å². The summed E-state index contributed by atoms with van der Waals surface area (Å²) in [5.41, 5.74) is 3.36. The molecular formula is C17H16N2O2. The van der Waals surface area contributed by atoms with Crippen molar-refractivity contribution in [3.05, 3.63) is 59.8 Å². The molecule has 2 N–H and O–H groups in total. The molecule has 1 heterocycles. The van der Waals surface area contributed by atoms with Gasteiger partial charge in [-0.1, -0.05) is 12.1 Å². The summed E-state index contributed by atoms with van der Waals surface area (Å²) in [5.74, 6) is 0.560. The van der Waals surface area contributed by atoms with Crippen LogP contribution >= 0.6 is 0 Å². The number of hydrogen-bond donors (Lipinski definition) is 2. The molecule has 21 heavy (non-hydrogen) atoms. The molecule has 4 heteroatoms. The van der Waals surface area contributed by atoms with Gasteiger partial charge >= 0.3 is 0 Å². The van der Waals surface area contributed by atoms with Gasteiger partial charge in [0.1, 0.15) is 5.75 Å². The van der Waals surface area contributed by atoms with E-state index in [1.54, 1.807) is 19.2 Å². The third kappa shape index (κ3) is 2.48. The van der Waals surface area contributed by atoms with Gasteiger partial charge in [-0.15, -0.1) is 0 Å². The number of aryl methyl sites for hydroxylation is 1. The molecule has 1 amide bonds. The Bertz CT molecular complexity index is 805. The Morgan fingerprint density at radius 3 is 2.86 bits per heavy atom. The van der Waals surface area contributed by atoms with E-state index in [0.717, 1.165) is 22.2 Å². The molecule has 0 aliphatic rings. The number of hydrogen-bond acceptors (Lipinski definition) is 2. The van der Waals surface area contributed by atoms with E-state index in [4.69, 9.17) is 4.74 Å². The van der Waals surface area contributed by atoms with Gasteiger partial charge in [0.05, 0.1) is 12.8 Å². The molecule has 0 radical (unpaired) electrons. The third-order valence-electron chi connectivity index (χ3n) is 3.51. The number of aromatic nitrogens is 1. The van der Waals surface area contributed by atoms with Crippen molar-refractivity contribution in [2.45, 2.75) is 6.92 Å². The van der Waals surface area contributed by atoms with Crippen LogP contribution in [-0.2, 0) is 0 Å². The number of anilines is 1. The highest BCUT2D eigenvalue weighted by Crippen LogP contribution is 2.24. The highest BCUT2D eigenvalue weighted by Gasteiger charge is 2.10. The Kier molecular flexibility index (Phi) is 3.36. The van der Waals surface area contributed by atoms with Crippen LogP contribution in [0, 0.1) is 6.92 Å². The minimum Gasteiger partial charge on any atom is -0.496 e. The number of ether oxygens (including phenoxy) is 1. The third-order valence-corrected chi connectivity index (χ3v) is 3.51. The van der Waals surface area contributed by atoms with E-state index in [-0.39, 0.29) is 5.91 Å². The van der Waals surface area contributed by atoms with Crippen LogP contribution in [0.15, 0.2) is 48.7 Å². The van der Waals surface area contributed by atoms with Crippen LogP contribution in [0.25, 0.3) is 10.9 Å². The Hall–Kier alpha value is -2.75. The first kappa shape index (κ1) is 13.2. The van der Waals surface area contributed by atoms with Crippen LogP contribution in [0.3, 0.4) is 0 Å². The predicted molar refractivity (Wildman–Crippen MR) is 84.0 cm³/mol. The fourth-order valence-electron chi connectivity index (χ4n) is 2.35. The molecule has 3 rings (SSSR count). The lowest BCUT2D eigenvalue weighted by molar-refractivity contribution is 0.102. The van der Waals surface area contributed by atoms with Gasteiger partial charge in [-0.05, 0) is 42.8 Å². The first-order chi connectivity index (χ1) is 10.2. The highest BCUT2D eigenvalue weighted by atomic mass is 16.5. The van der Waals surface area contributed by atoms with Crippen LogP contribution in [0.1, 0.15) is 15.9 Å². The maximum atomic E-state index is 12.4. The molecule has 0 saturated carbocycles. The second kappa shape index (κ2) is 5.32. The van der Waals surface area contributed by atoms with Crippen molar-refractivity contribution in [3.63, 3.8) is 0 Å². The summed E-state index contributed by atoms with van der Waals surface area (Å²) in [5, 5.41) is 3.93. The molecule has 0 spiro atoms. The van der Waals surface area contributed by atoms with Gasteiger partial charge < -0.3 is 15.0 Å². The molecule has 4 nitrogen and oxygen atoms in total. The number of methoxy groups -OCH3 is 1. The number of carbonyl (C=O) groups is 1. The van der Waals surface area contributed by atoms with Crippen molar-refractivity contribution < 1.29 is 9.53 Å². The molecule has 0 unspecified atom stereocenters. The Labute approximate surface area is 122 Å². The van der Waals surface area contributed by atoms with Crippen molar-refractivity contribution >= 4 is 22.5 Å². The second-order valence-electron chi connectivity index (χ2n) is 4.88. The lowest BCUT2D eigenvalue weighted by Crippen LogP contribution is -2.12. The smallest absolute Gasteiger partial charge is 0.255 e. The van der Waals surface area contributed by atoms with Crippen LogP contribution < -0.4 is 10.1 Å². The van der Waals surface area contributed by atoms with Crippen LogP contribution in [-0.4, -0.2) is 18.0 Å². The molecule has 0 aliphatic heterocycles. The van der Waals surface area contributed by atoms with Gasteiger partial charge in [-0.25, -0.2) is 0 Å². The highest BCUT2D eigenvalue weighted by molar-refractivity contribution is 6.09. The summed E-state index contributed by atoms with van der Waals surface area (Å²) in [6, 6.07) is 13.1. The summed E-state index contributed by atoms with van der Waals surface area (Å²) in [6.07, 6.45) is 1.86. The van der Waals surface area contributed by atoms with Crippen LogP contribution in [0.5, 0.6) is 5.75 Å². The van der Waals surface area contributed by atoms with Gasteiger partial charge in [0.15, 0.2) is 0 Å². The molecular weight excluding hydrogens is 264 g/mol. The second-order valence-corrected chi connectivity index (χ2v) is 4.88. The molecule has 1 aromatic heterocycles. The zero-order valence-electron chi connectivity index (χ0n) is 11.9. The van der Waals surface area contributed by atoms with Crippen molar-refractivity contribution in [3.8, 4) is 5.75 Å². The van der Waals surface area contributed by atoms with Crippen molar-refractivity contribution in [1.82, 2.24) is 4.98 Å². The van der Waals surface area contributed by atoms with E-state index in [1.165, 1.54) is 0 Å². The summed E-state index contributed by atoms with van der Waals surface area (Å²) in [6.45, 7) is 1.95. The summed E-state index contributed by atoms with van der Waals surface area (Å²) in [4.78, 5) is 15.5. The zero-order valence-corrected chi connectivity index (χ0v) is 11.9. The van der Waals surface area contributed by atoms with Crippen molar-refractivity contribution in [1.29, 1.82) is 0 Å². The molecule has 0 saturated heterocycles. The maximum absolute atomic E-state index is 12.4. The average Bonchev–Trinajstić information content (AvgIpc) is 2.97. The SMILES string of the molecule is COc1cc(C(=O)Nc2cccc3[nH]ccc23)ccc1C. The van der Waals surface area contributed by atoms with Crippen molar-refractivity contribution in [2.75, 3.05) is 12.4 Å². The number of rotatable bonds is 3. The Balaban J connectivity index is 1.91. The molecule has 3 aromatic rings. The van der Waals surface area contributed by atoms with E-state index < -0.39 is 0 Å². The van der Waals surface area contributed by atoms with Gasteiger partial charge in [-0.2, -0.15) is 0 Å². The molecule has 0 atom stereocenters. The van der Waals surface area contributed by atoms with Gasteiger partial charge in [0.2, 0.25) is 0 Å². The largest absolute Gasteiger partial charge is 0.496 e. The van der Waals surface area contributed by atoms with Gasteiger partial charge in [0.25, 0.3) is 5.91 Å². The summed E-state index contributed by atoms with van der Waals surface area (Å²) in [7, 11) is 1.60. The fraction of sp³-hybridized carbons (Fsp3) is 0.118. The van der Waals surface area contributed by atoms with E-state index in [9.17, 15) is 4.79 Å². The van der Waals surface area contributed by atoms with E-state index in [1.807, 2.05) is 43.5 Å². The topological polar surface area (TPSA) is 54.1 Å². The molecule has 0 bridgehead atoms. The summed E-state index contributed by atoms with van der Waals surface area (Å²) < 4.78 is 5.26. The first-order valence-electron chi connectivity index (χ1n) is 6.71. The lowest BCUT2D eigenvalue weighted by Gasteiger charge is -2.09. The fourth-order valence-corrected chi connectivity index (χ4v) is 2.35. The number of carbonyl (C=O) groups excluding carboxylic acids is 1. The van der Waals surface area contributed by atoms with E-state index in [0.29, 0.717) is 11.3 Å². The first-order valence-corrected chi connectivity index (χ1v) is 6.71. The monoisotopic (exact) mass is 280 g/mol. The maximum Gasteiger partial charge on any atom is 0.255 e. The minimum absolute atomic E-state index is 0.151. The lowest BCUT2D eigenvalue weighted by atomic mass is 10.1. The quantitative estimate of drug-likeness (QED) is 0.768. The molecule has 106 valence electrons. The number of benzene rings is 2. The summed E-state index contributed by atoms with van der Waals surface area (Å²) >= 11 is 0. The van der Waals surface area contributed by atoms with Gasteiger partial charge in [0, 0.05) is 22.7 Å². The number of amides is 1. The average molecular weight is 280 g/mol. The molecule has 0 fully saturated rings. The standard InChI is InChI=1S/C17H16N2O2/c1-11-6-7-12(10-16(11)21-2)17(20)19-15-5-3-4-14-13(15)8-9-18-14/h3-10,18H,1-2H3,(H,19,20). The number of H-pyrrole nitrogens is 1. The molecule has 2 aromatic carbocycles.